The number of amides is 1. The Labute approximate surface area is 135 Å². The van der Waals surface area contributed by atoms with E-state index in [2.05, 4.69) is 30.0 Å². The molecule has 1 aliphatic rings. The molecule has 2 nitrogen and oxygen atoms in total. The van der Waals surface area contributed by atoms with E-state index in [1.54, 1.807) is 4.90 Å². The van der Waals surface area contributed by atoms with E-state index >= 15 is 0 Å². The van der Waals surface area contributed by atoms with Crippen molar-refractivity contribution < 1.29 is 4.79 Å². The van der Waals surface area contributed by atoms with Crippen LogP contribution in [-0.4, -0.2) is 17.9 Å². The first-order valence-electron chi connectivity index (χ1n) is 7.60. The lowest BCUT2D eigenvalue weighted by Gasteiger charge is -2.04. The summed E-state index contributed by atoms with van der Waals surface area (Å²) in [4.78, 5) is 13.8. The molecule has 23 heavy (non-hydrogen) atoms. The first-order valence-corrected chi connectivity index (χ1v) is 7.60. The highest BCUT2D eigenvalue weighted by Gasteiger charge is 2.23. The van der Waals surface area contributed by atoms with Crippen molar-refractivity contribution in [2.75, 3.05) is 7.05 Å². The Bertz CT molecular complexity index is 986. The molecule has 1 heterocycles. The number of hydrogen-bond donors (Lipinski definition) is 0. The van der Waals surface area contributed by atoms with Gasteiger partial charge in [-0.15, -0.1) is 0 Å². The van der Waals surface area contributed by atoms with Gasteiger partial charge in [0, 0.05) is 30.3 Å². The average Bonchev–Trinajstić information content (AvgIpc) is 2.87. The second-order valence-electron chi connectivity index (χ2n) is 5.81. The van der Waals surface area contributed by atoms with Gasteiger partial charge in [-0.2, -0.15) is 0 Å². The third kappa shape index (κ3) is 2.37. The minimum absolute atomic E-state index is 0.0776. The van der Waals surface area contributed by atoms with E-state index in [0.29, 0.717) is 6.54 Å². The van der Waals surface area contributed by atoms with Crippen molar-refractivity contribution in [3.8, 4) is 11.8 Å². The monoisotopic (exact) mass is 297 g/mol. The van der Waals surface area contributed by atoms with Crippen LogP contribution in [0.15, 0.2) is 60.7 Å². The normalized spacial score (nSPS) is 12.9. The second kappa shape index (κ2) is 5.30. The summed E-state index contributed by atoms with van der Waals surface area (Å²) in [5, 5.41) is 2.34. The largest absolute Gasteiger partial charge is 0.337 e. The van der Waals surface area contributed by atoms with E-state index in [-0.39, 0.29) is 5.91 Å². The number of nitrogens with zero attached hydrogens (tertiary/aromatic N) is 1. The molecule has 2 heteroatoms. The van der Waals surface area contributed by atoms with Crippen LogP contribution in [0.25, 0.3) is 10.8 Å². The number of fused-ring (bicyclic) bond motifs is 2. The first-order chi connectivity index (χ1) is 11.2. The van der Waals surface area contributed by atoms with Crippen LogP contribution < -0.4 is 0 Å². The molecule has 0 spiro atoms. The van der Waals surface area contributed by atoms with Gasteiger partial charge in [0.05, 0.1) is 0 Å². The van der Waals surface area contributed by atoms with Gasteiger partial charge in [0.25, 0.3) is 5.91 Å². The molecule has 0 N–H and O–H groups in total. The van der Waals surface area contributed by atoms with Gasteiger partial charge < -0.3 is 4.90 Å². The zero-order valence-electron chi connectivity index (χ0n) is 12.8. The minimum Gasteiger partial charge on any atom is -0.337 e. The fraction of sp³-hybridized carbons (Fsp3) is 0.0952. The van der Waals surface area contributed by atoms with Crippen LogP contribution in [0.3, 0.4) is 0 Å². The summed E-state index contributed by atoms with van der Waals surface area (Å²) in [7, 11) is 1.82. The highest BCUT2D eigenvalue weighted by atomic mass is 16.2. The predicted octanol–water partition coefficient (Wildman–Crippen LogP) is 3.83. The highest BCUT2D eigenvalue weighted by molar-refractivity contribution is 5.98. The van der Waals surface area contributed by atoms with Gasteiger partial charge >= 0.3 is 0 Å². The molecule has 0 atom stereocenters. The summed E-state index contributed by atoms with van der Waals surface area (Å²) < 4.78 is 0. The molecule has 0 saturated heterocycles. The van der Waals surface area contributed by atoms with Gasteiger partial charge in [-0.25, -0.2) is 0 Å². The van der Waals surface area contributed by atoms with E-state index in [9.17, 15) is 4.79 Å². The summed E-state index contributed by atoms with van der Waals surface area (Å²) in [5.41, 5.74) is 3.73. The molecule has 0 saturated carbocycles. The predicted molar refractivity (Wildman–Crippen MR) is 92.2 cm³/mol. The first kappa shape index (κ1) is 13.6. The molecule has 4 rings (SSSR count). The van der Waals surface area contributed by atoms with Crippen LogP contribution in [0, 0.1) is 11.8 Å². The van der Waals surface area contributed by atoms with E-state index in [0.717, 1.165) is 27.6 Å². The zero-order valence-corrected chi connectivity index (χ0v) is 12.8. The van der Waals surface area contributed by atoms with Gasteiger partial charge in [-0.3, -0.25) is 4.79 Å². The number of benzene rings is 3. The second-order valence-corrected chi connectivity index (χ2v) is 5.81. The Kier molecular flexibility index (Phi) is 3.13. The van der Waals surface area contributed by atoms with Gasteiger partial charge in [0.2, 0.25) is 0 Å². The molecule has 110 valence electrons. The fourth-order valence-electron chi connectivity index (χ4n) is 3.00. The summed E-state index contributed by atoms with van der Waals surface area (Å²) in [6.45, 7) is 0.686. The smallest absolute Gasteiger partial charge is 0.254 e. The number of rotatable bonds is 0. The van der Waals surface area contributed by atoms with E-state index in [4.69, 9.17) is 0 Å². The quantitative estimate of drug-likeness (QED) is 0.578. The Balaban J connectivity index is 1.75. The molecule has 3 aromatic carbocycles. The van der Waals surface area contributed by atoms with Crippen molar-refractivity contribution >= 4 is 16.7 Å². The number of hydrogen-bond acceptors (Lipinski definition) is 1. The maximum Gasteiger partial charge on any atom is 0.254 e. The summed E-state index contributed by atoms with van der Waals surface area (Å²) in [6.07, 6.45) is 0. The van der Waals surface area contributed by atoms with Crippen molar-refractivity contribution in [2.45, 2.75) is 6.54 Å². The molecule has 0 fully saturated rings. The van der Waals surface area contributed by atoms with Crippen LogP contribution in [0.5, 0.6) is 0 Å². The van der Waals surface area contributed by atoms with E-state index < -0.39 is 0 Å². The van der Waals surface area contributed by atoms with E-state index in [1.165, 1.54) is 5.39 Å². The lowest BCUT2D eigenvalue weighted by molar-refractivity contribution is 0.0816. The Morgan fingerprint density at radius 2 is 1.78 bits per heavy atom. The van der Waals surface area contributed by atoms with Crippen LogP contribution in [0.1, 0.15) is 27.0 Å². The maximum atomic E-state index is 12.1. The topological polar surface area (TPSA) is 20.3 Å². The molecular formula is C21H15NO. The molecule has 0 unspecified atom stereocenters. The molecule has 0 aliphatic carbocycles. The van der Waals surface area contributed by atoms with Crippen LogP contribution in [0.2, 0.25) is 0 Å². The summed E-state index contributed by atoms with van der Waals surface area (Å²) in [6, 6.07) is 20.3. The van der Waals surface area contributed by atoms with Gasteiger partial charge in [0.1, 0.15) is 0 Å². The van der Waals surface area contributed by atoms with Gasteiger partial charge in [0.15, 0.2) is 0 Å². The number of carbonyl (C=O) groups is 1. The third-order valence-corrected chi connectivity index (χ3v) is 4.23. The summed E-state index contributed by atoms with van der Waals surface area (Å²) >= 11 is 0. The average molecular weight is 297 g/mol. The third-order valence-electron chi connectivity index (χ3n) is 4.23. The van der Waals surface area contributed by atoms with Crippen molar-refractivity contribution in [1.29, 1.82) is 0 Å². The van der Waals surface area contributed by atoms with E-state index in [1.807, 2.05) is 49.5 Å². The number of carbonyl (C=O) groups excluding carboxylic acids is 1. The van der Waals surface area contributed by atoms with Crippen molar-refractivity contribution in [2.24, 2.45) is 0 Å². The standard InChI is InChI=1S/C21H15NO/c1-22-14-18-12-10-15(13-20(18)21(22)23)9-11-17-7-4-6-16-5-2-3-8-19(16)17/h2-8,10,12-13H,14H2,1H3. The van der Waals surface area contributed by atoms with Crippen LogP contribution >= 0.6 is 0 Å². The van der Waals surface area contributed by atoms with Crippen molar-refractivity contribution in [1.82, 2.24) is 4.90 Å². The minimum atomic E-state index is 0.0776. The van der Waals surface area contributed by atoms with Crippen molar-refractivity contribution in [3.63, 3.8) is 0 Å². The Morgan fingerprint density at radius 3 is 2.70 bits per heavy atom. The lowest BCUT2D eigenvalue weighted by atomic mass is 10.0. The molecule has 1 aliphatic heterocycles. The maximum absolute atomic E-state index is 12.1. The van der Waals surface area contributed by atoms with Crippen LogP contribution in [0.4, 0.5) is 0 Å². The lowest BCUT2D eigenvalue weighted by Crippen LogP contribution is -2.17. The fourth-order valence-corrected chi connectivity index (χ4v) is 3.00. The van der Waals surface area contributed by atoms with Crippen LogP contribution in [-0.2, 0) is 6.54 Å². The molecular weight excluding hydrogens is 282 g/mol. The molecule has 0 bridgehead atoms. The molecule has 3 aromatic rings. The summed E-state index contributed by atoms with van der Waals surface area (Å²) in [5.74, 6) is 6.52. The SMILES string of the molecule is CN1Cc2ccc(C#Cc3cccc4ccccc34)cc2C1=O. The van der Waals surface area contributed by atoms with Crippen molar-refractivity contribution in [3.05, 3.63) is 82.9 Å². The Morgan fingerprint density at radius 1 is 0.957 bits per heavy atom. The zero-order chi connectivity index (χ0) is 15.8. The highest BCUT2D eigenvalue weighted by Crippen LogP contribution is 2.22. The molecule has 0 radical (unpaired) electrons. The Hall–Kier alpha value is -3.05. The molecule has 1 amide bonds. The van der Waals surface area contributed by atoms with Gasteiger partial charge in [-0.1, -0.05) is 54.3 Å². The van der Waals surface area contributed by atoms with Gasteiger partial charge in [-0.05, 0) is 34.5 Å². The molecule has 0 aromatic heterocycles.